The minimum Gasteiger partial charge on any atom is -0.318 e. The van der Waals surface area contributed by atoms with Gasteiger partial charge >= 0.3 is 0 Å². The number of nitrogens with one attached hydrogen (secondary N) is 2. The molecule has 6 nitrogen and oxygen atoms in total. The number of rotatable bonds is 5. The van der Waals surface area contributed by atoms with Crippen LogP contribution in [0.1, 0.15) is 16.1 Å². The molecule has 0 unspecified atom stereocenters. The van der Waals surface area contributed by atoms with Crippen molar-refractivity contribution in [2.24, 2.45) is 0 Å². The van der Waals surface area contributed by atoms with Gasteiger partial charge in [0.2, 0.25) is 0 Å². The van der Waals surface area contributed by atoms with Crippen LogP contribution in [0.4, 0.5) is 5.69 Å². The first-order chi connectivity index (χ1) is 15.6. The van der Waals surface area contributed by atoms with Gasteiger partial charge in [0.25, 0.3) is 5.91 Å². The van der Waals surface area contributed by atoms with E-state index in [-0.39, 0.29) is 5.91 Å². The molecule has 0 radical (unpaired) electrons. The van der Waals surface area contributed by atoms with E-state index in [2.05, 4.69) is 44.9 Å². The second-order valence-corrected chi connectivity index (χ2v) is 8.13. The molecule has 0 atom stereocenters. The van der Waals surface area contributed by atoms with E-state index in [1.165, 1.54) is 10.8 Å². The maximum atomic E-state index is 12.7. The minimum absolute atomic E-state index is 0.312. The monoisotopic (exact) mass is 461 g/mol. The van der Waals surface area contributed by atoms with Gasteiger partial charge in [-0.1, -0.05) is 71.7 Å². The molecule has 5 rings (SSSR count). The highest BCUT2D eigenvalue weighted by atomic mass is 35.5. The van der Waals surface area contributed by atoms with Gasteiger partial charge in [0.05, 0.1) is 34.2 Å². The molecule has 0 saturated carbocycles. The van der Waals surface area contributed by atoms with Crippen LogP contribution in [0, 0.1) is 0 Å². The third-order valence-electron chi connectivity index (χ3n) is 5.14. The number of hydrogen-bond acceptors (Lipinski definition) is 3. The maximum absolute atomic E-state index is 12.7. The Bertz CT molecular complexity index is 1430. The summed E-state index contributed by atoms with van der Waals surface area (Å²) in [7, 11) is 0. The molecule has 0 aliphatic heterocycles. The van der Waals surface area contributed by atoms with Crippen molar-refractivity contribution < 1.29 is 4.79 Å². The fourth-order valence-corrected chi connectivity index (χ4v) is 3.86. The lowest BCUT2D eigenvalue weighted by molar-refractivity contribution is 0.102. The summed E-state index contributed by atoms with van der Waals surface area (Å²) < 4.78 is 1.80. The van der Waals surface area contributed by atoms with E-state index in [1.807, 2.05) is 18.2 Å². The average Bonchev–Trinajstić information content (AvgIpc) is 3.46. The molecule has 0 spiro atoms. The number of nitrogens with zero attached hydrogens (tertiary/aromatic N) is 3. The van der Waals surface area contributed by atoms with Crippen molar-refractivity contribution in [2.45, 2.75) is 6.54 Å². The van der Waals surface area contributed by atoms with Gasteiger partial charge in [-0.15, -0.1) is 0 Å². The molecule has 32 heavy (non-hydrogen) atoms. The minimum atomic E-state index is -0.312. The number of aromatic amines is 1. The molecule has 2 heterocycles. The van der Waals surface area contributed by atoms with Crippen LogP contribution in [0.25, 0.3) is 22.0 Å². The molecule has 0 saturated heterocycles. The average molecular weight is 462 g/mol. The molecule has 2 aromatic heterocycles. The Morgan fingerprint density at radius 3 is 2.72 bits per heavy atom. The third-order valence-corrected chi connectivity index (χ3v) is 5.88. The lowest BCUT2D eigenvalue weighted by atomic mass is 10.0. The number of halogens is 2. The van der Waals surface area contributed by atoms with Gasteiger partial charge in [-0.2, -0.15) is 10.2 Å². The van der Waals surface area contributed by atoms with Crippen molar-refractivity contribution in [2.75, 3.05) is 5.32 Å². The largest absolute Gasteiger partial charge is 0.318 e. The molecule has 5 aromatic rings. The Hall–Kier alpha value is -3.61. The highest BCUT2D eigenvalue weighted by Crippen LogP contribution is 2.28. The van der Waals surface area contributed by atoms with Crippen LogP contribution in [0.2, 0.25) is 10.0 Å². The standard InChI is InChI=1S/C24H17Cl2N5O/c25-20-9-8-16(10-21(20)26)22-11-23(30-29-22)24(32)28-18-12-27-31(14-18)13-17-6-3-5-15-4-1-2-7-19(15)17/h1-12,14H,13H2,(H,28,32)(H,29,30). The summed E-state index contributed by atoms with van der Waals surface area (Å²) in [5.74, 6) is -0.312. The first kappa shape index (κ1) is 20.3. The highest BCUT2D eigenvalue weighted by molar-refractivity contribution is 6.42. The molecule has 0 bridgehead atoms. The highest BCUT2D eigenvalue weighted by Gasteiger charge is 2.13. The molecule has 2 N–H and O–H groups in total. The van der Waals surface area contributed by atoms with E-state index in [9.17, 15) is 4.79 Å². The molecule has 1 amide bonds. The predicted octanol–water partition coefficient (Wildman–Crippen LogP) is 6.03. The van der Waals surface area contributed by atoms with Gasteiger partial charge in [-0.25, -0.2) is 0 Å². The Morgan fingerprint density at radius 1 is 1.00 bits per heavy atom. The zero-order valence-corrected chi connectivity index (χ0v) is 18.2. The topological polar surface area (TPSA) is 75.6 Å². The molecule has 158 valence electrons. The molecular formula is C24H17Cl2N5O. The quantitative estimate of drug-likeness (QED) is 0.335. The van der Waals surface area contributed by atoms with Crippen molar-refractivity contribution in [1.29, 1.82) is 0 Å². The van der Waals surface area contributed by atoms with Crippen molar-refractivity contribution >= 4 is 45.6 Å². The normalized spacial score (nSPS) is 11.1. The van der Waals surface area contributed by atoms with Gasteiger partial charge in [0.1, 0.15) is 5.69 Å². The van der Waals surface area contributed by atoms with Gasteiger partial charge in [0, 0.05) is 11.8 Å². The van der Waals surface area contributed by atoms with Crippen LogP contribution >= 0.6 is 23.2 Å². The summed E-state index contributed by atoms with van der Waals surface area (Å²) in [5, 5.41) is 17.4. The van der Waals surface area contributed by atoms with Gasteiger partial charge in [-0.3, -0.25) is 14.6 Å². The zero-order valence-electron chi connectivity index (χ0n) is 16.7. The molecule has 0 aliphatic rings. The van der Waals surface area contributed by atoms with Crippen molar-refractivity contribution in [3.8, 4) is 11.3 Å². The smallest absolute Gasteiger partial charge is 0.273 e. The Kier molecular flexibility index (Phi) is 5.39. The molecule has 0 fully saturated rings. The van der Waals surface area contributed by atoms with Gasteiger partial charge in [-0.05, 0) is 34.5 Å². The van der Waals surface area contributed by atoms with Crippen molar-refractivity contribution in [1.82, 2.24) is 20.0 Å². The first-order valence-corrected chi connectivity index (χ1v) is 10.6. The SMILES string of the molecule is O=C(Nc1cnn(Cc2cccc3ccccc23)c1)c1cc(-c2ccc(Cl)c(Cl)c2)n[nH]1. The fraction of sp³-hybridized carbons (Fsp3) is 0.0417. The van der Waals surface area contributed by atoms with Crippen LogP contribution in [0.5, 0.6) is 0 Å². The number of benzene rings is 3. The number of hydrogen-bond donors (Lipinski definition) is 2. The molecule has 8 heteroatoms. The predicted molar refractivity (Wildman–Crippen MR) is 127 cm³/mol. The second kappa shape index (κ2) is 8.49. The van der Waals surface area contributed by atoms with Gasteiger partial charge in [0.15, 0.2) is 0 Å². The van der Waals surface area contributed by atoms with E-state index in [4.69, 9.17) is 23.2 Å². The Balaban J connectivity index is 1.30. The summed E-state index contributed by atoms with van der Waals surface area (Å²) in [5.41, 5.74) is 3.44. The van der Waals surface area contributed by atoms with Gasteiger partial charge < -0.3 is 5.32 Å². The van der Waals surface area contributed by atoms with Crippen molar-refractivity contribution in [3.63, 3.8) is 0 Å². The van der Waals surface area contributed by atoms with Crippen LogP contribution in [-0.4, -0.2) is 25.9 Å². The molecule has 0 aliphatic carbocycles. The Morgan fingerprint density at radius 2 is 1.84 bits per heavy atom. The van der Waals surface area contributed by atoms with Crippen LogP contribution in [0.15, 0.2) is 79.1 Å². The zero-order chi connectivity index (χ0) is 22.1. The van der Waals surface area contributed by atoms with Crippen LogP contribution < -0.4 is 5.32 Å². The summed E-state index contributed by atoms with van der Waals surface area (Å²) in [6.07, 6.45) is 3.43. The first-order valence-electron chi connectivity index (χ1n) is 9.88. The summed E-state index contributed by atoms with van der Waals surface area (Å²) >= 11 is 12.0. The lowest BCUT2D eigenvalue weighted by Gasteiger charge is -2.06. The Labute approximate surface area is 193 Å². The number of carbonyl (C=O) groups is 1. The number of amides is 1. The number of anilines is 1. The molecular weight excluding hydrogens is 445 g/mol. The number of carbonyl (C=O) groups excluding carboxylic acids is 1. The van der Waals surface area contributed by atoms with E-state index in [0.29, 0.717) is 33.7 Å². The second-order valence-electron chi connectivity index (χ2n) is 7.31. The van der Waals surface area contributed by atoms with Crippen LogP contribution in [0.3, 0.4) is 0 Å². The summed E-state index contributed by atoms with van der Waals surface area (Å²) in [6.45, 7) is 0.600. The fourth-order valence-electron chi connectivity index (χ4n) is 3.56. The number of fused-ring (bicyclic) bond motifs is 1. The number of H-pyrrole nitrogens is 1. The number of aromatic nitrogens is 4. The van der Waals surface area contributed by atoms with E-state index < -0.39 is 0 Å². The maximum Gasteiger partial charge on any atom is 0.273 e. The summed E-state index contributed by atoms with van der Waals surface area (Å²) in [4.78, 5) is 12.7. The van der Waals surface area contributed by atoms with Crippen LogP contribution in [-0.2, 0) is 6.54 Å². The van der Waals surface area contributed by atoms with Crippen molar-refractivity contribution in [3.05, 3.63) is 100 Å². The van der Waals surface area contributed by atoms with E-state index >= 15 is 0 Å². The van der Waals surface area contributed by atoms with E-state index in [1.54, 1.807) is 41.3 Å². The lowest BCUT2D eigenvalue weighted by Crippen LogP contribution is -2.11. The van der Waals surface area contributed by atoms with E-state index in [0.717, 1.165) is 11.1 Å². The third kappa shape index (κ3) is 4.10. The summed E-state index contributed by atoms with van der Waals surface area (Å²) in [6, 6.07) is 21.3. The molecule has 3 aromatic carbocycles.